The smallest absolute Gasteiger partial charge is 0.141 e. The van der Waals surface area contributed by atoms with Crippen LogP contribution in [0.5, 0.6) is 0 Å². The van der Waals surface area contributed by atoms with Gasteiger partial charge in [0.1, 0.15) is 12.1 Å². The number of anilines is 2. The van der Waals surface area contributed by atoms with Crippen LogP contribution in [-0.4, -0.2) is 9.97 Å². The molecule has 0 amide bonds. The summed E-state index contributed by atoms with van der Waals surface area (Å²) >= 11 is 12.1. The fourth-order valence-electron chi connectivity index (χ4n) is 1.99. The first-order valence-corrected chi connectivity index (χ1v) is 6.82. The van der Waals surface area contributed by atoms with Gasteiger partial charge in [-0.3, -0.25) is 0 Å². The van der Waals surface area contributed by atoms with E-state index < -0.39 is 0 Å². The summed E-state index contributed by atoms with van der Waals surface area (Å²) in [5, 5.41) is 5.34. The Morgan fingerprint density at radius 2 is 1.85 bits per heavy atom. The van der Waals surface area contributed by atoms with E-state index in [9.17, 15) is 0 Å². The number of nitrogens with zero attached hydrogens (tertiary/aromatic N) is 2. The molecule has 0 saturated heterocycles. The van der Waals surface area contributed by atoms with Gasteiger partial charge in [-0.25, -0.2) is 9.97 Å². The van der Waals surface area contributed by atoms with Crippen molar-refractivity contribution in [2.45, 2.75) is 6.92 Å². The Balaban J connectivity index is 2.08. The Kier molecular flexibility index (Phi) is 3.47. The summed E-state index contributed by atoms with van der Waals surface area (Å²) in [6.07, 6.45) is 1.53. The molecule has 1 heterocycles. The van der Waals surface area contributed by atoms with E-state index in [1.165, 1.54) is 6.33 Å². The lowest BCUT2D eigenvalue weighted by molar-refractivity contribution is 1.21. The fourth-order valence-corrected chi connectivity index (χ4v) is 2.44. The standard InChI is InChI=1S/C15H11Cl2N3/c1-9-2-4-13-11(6-9)15(19-8-18-13)20-14-5-3-10(16)7-12(14)17/h2-8H,1H3,(H,18,19,20). The van der Waals surface area contributed by atoms with Gasteiger partial charge < -0.3 is 5.32 Å². The molecule has 2 aromatic carbocycles. The third-order valence-corrected chi connectivity index (χ3v) is 3.52. The van der Waals surface area contributed by atoms with Crippen LogP contribution in [0.25, 0.3) is 10.9 Å². The third-order valence-electron chi connectivity index (χ3n) is 2.98. The van der Waals surface area contributed by atoms with Crippen molar-refractivity contribution in [1.29, 1.82) is 0 Å². The molecule has 0 aliphatic carbocycles. The van der Waals surface area contributed by atoms with Crippen molar-refractivity contribution in [2.75, 3.05) is 5.32 Å². The van der Waals surface area contributed by atoms with Crippen LogP contribution in [0.1, 0.15) is 5.56 Å². The SMILES string of the molecule is Cc1ccc2ncnc(Nc3ccc(Cl)cc3Cl)c2c1. The molecule has 0 bridgehead atoms. The number of halogens is 2. The van der Waals surface area contributed by atoms with E-state index in [-0.39, 0.29) is 0 Å². The van der Waals surface area contributed by atoms with Crippen LogP contribution in [-0.2, 0) is 0 Å². The first-order chi connectivity index (χ1) is 9.63. The fraction of sp³-hybridized carbons (Fsp3) is 0.0667. The lowest BCUT2D eigenvalue weighted by atomic mass is 10.1. The molecular formula is C15H11Cl2N3. The largest absolute Gasteiger partial charge is 0.338 e. The number of rotatable bonds is 2. The van der Waals surface area contributed by atoms with E-state index in [0.29, 0.717) is 10.0 Å². The highest BCUT2D eigenvalue weighted by Crippen LogP contribution is 2.30. The summed E-state index contributed by atoms with van der Waals surface area (Å²) in [5.74, 6) is 0.725. The van der Waals surface area contributed by atoms with Gasteiger partial charge >= 0.3 is 0 Å². The van der Waals surface area contributed by atoms with E-state index in [4.69, 9.17) is 23.2 Å². The van der Waals surface area contributed by atoms with E-state index in [0.717, 1.165) is 28.0 Å². The van der Waals surface area contributed by atoms with E-state index in [2.05, 4.69) is 15.3 Å². The molecule has 0 unspecified atom stereocenters. The maximum atomic E-state index is 6.17. The number of aromatic nitrogens is 2. The molecular weight excluding hydrogens is 293 g/mol. The van der Waals surface area contributed by atoms with E-state index in [1.54, 1.807) is 12.1 Å². The Morgan fingerprint density at radius 3 is 2.65 bits per heavy atom. The topological polar surface area (TPSA) is 37.8 Å². The highest BCUT2D eigenvalue weighted by Gasteiger charge is 2.07. The van der Waals surface area contributed by atoms with E-state index >= 15 is 0 Å². The molecule has 1 aromatic heterocycles. The van der Waals surface area contributed by atoms with Crippen molar-refractivity contribution in [1.82, 2.24) is 9.97 Å². The van der Waals surface area contributed by atoms with Gasteiger partial charge in [-0.05, 0) is 37.3 Å². The minimum absolute atomic E-state index is 0.553. The van der Waals surface area contributed by atoms with Crippen LogP contribution >= 0.6 is 23.2 Å². The zero-order valence-electron chi connectivity index (χ0n) is 10.7. The van der Waals surface area contributed by atoms with E-state index in [1.807, 2.05) is 31.2 Å². The van der Waals surface area contributed by atoms with Gasteiger partial charge in [0.25, 0.3) is 0 Å². The molecule has 0 saturated carbocycles. The van der Waals surface area contributed by atoms with Crippen molar-refractivity contribution < 1.29 is 0 Å². The average molecular weight is 304 g/mol. The van der Waals surface area contributed by atoms with Crippen LogP contribution in [0.4, 0.5) is 11.5 Å². The molecule has 1 N–H and O–H groups in total. The quantitative estimate of drug-likeness (QED) is 0.725. The summed E-state index contributed by atoms with van der Waals surface area (Å²) in [5.41, 5.74) is 2.80. The second kappa shape index (κ2) is 5.27. The molecule has 0 atom stereocenters. The molecule has 5 heteroatoms. The number of nitrogens with one attached hydrogen (secondary N) is 1. The monoisotopic (exact) mass is 303 g/mol. The molecule has 0 spiro atoms. The Labute approximate surface area is 126 Å². The molecule has 3 nitrogen and oxygen atoms in total. The van der Waals surface area contributed by atoms with Gasteiger partial charge in [-0.1, -0.05) is 34.8 Å². The molecule has 3 aromatic rings. The van der Waals surface area contributed by atoms with Crippen LogP contribution < -0.4 is 5.32 Å². The number of benzene rings is 2. The third kappa shape index (κ3) is 2.55. The Morgan fingerprint density at radius 1 is 1.00 bits per heavy atom. The Hall–Kier alpha value is -1.84. The van der Waals surface area contributed by atoms with Crippen LogP contribution in [0.15, 0.2) is 42.7 Å². The summed E-state index contributed by atoms with van der Waals surface area (Å²) in [7, 11) is 0. The molecule has 0 radical (unpaired) electrons. The normalized spacial score (nSPS) is 10.8. The van der Waals surface area contributed by atoms with Gasteiger partial charge in [0.15, 0.2) is 0 Å². The van der Waals surface area contributed by atoms with Gasteiger partial charge in [-0.15, -0.1) is 0 Å². The van der Waals surface area contributed by atoms with Gasteiger partial charge in [-0.2, -0.15) is 0 Å². The number of hydrogen-bond acceptors (Lipinski definition) is 3. The van der Waals surface area contributed by atoms with Crippen LogP contribution in [0.2, 0.25) is 10.0 Å². The lowest BCUT2D eigenvalue weighted by Gasteiger charge is -2.10. The van der Waals surface area contributed by atoms with Crippen molar-refractivity contribution in [2.24, 2.45) is 0 Å². The van der Waals surface area contributed by atoms with Crippen molar-refractivity contribution >= 4 is 45.6 Å². The first kappa shape index (κ1) is 13.2. The molecule has 0 fully saturated rings. The van der Waals surface area contributed by atoms with Crippen molar-refractivity contribution in [3.05, 3.63) is 58.3 Å². The second-order valence-corrected chi connectivity index (χ2v) is 5.34. The number of aryl methyl sites for hydroxylation is 1. The lowest BCUT2D eigenvalue weighted by Crippen LogP contribution is -1.96. The maximum Gasteiger partial charge on any atom is 0.141 e. The molecule has 3 rings (SSSR count). The summed E-state index contributed by atoms with van der Waals surface area (Å²) in [6, 6.07) is 11.3. The van der Waals surface area contributed by atoms with Crippen LogP contribution in [0, 0.1) is 6.92 Å². The zero-order chi connectivity index (χ0) is 14.1. The second-order valence-electron chi connectivity index (χ2n) is 4.49. The summed E-state index contributed by atoms with van der Waals surface area (Å²) < 4.78 is 0. The maximum absolute atomic E-state index is 6.17. The van der Waals surface area contributed by atoms with Gasteiger partial charge in [0, 0.05) is 10.4 Å². The first-order valence-electron chi connectivity index (χ1n) is 6.07. The predicted molar refractivity (Wildman–Crippen MR) is 84.0 cm³/mol. The molecule has 100 valence electrons. The van der Waals surface area contributed by atoms with Gasteiger partial charge in [0.2, 0.25) is 0 Å². The number of hydrogen-bond donors (Lipinski definition) is 1. The highest BCUT2D eigenvalue weighted by molar-refractivity contribution is 6.36. The highest BCUT2D eigenvalue weighted by atomic mass is 35.5. The minimum Gasteiger partial charge on any atom is -0.338 e. The van der Waals surface area contributed by atoms with Crippen molar-refractivity contribution in [3.63, 3.8) is 0 Å². The number of fused-ring (bicyclic) bond motifs is 1. The van der Waals surface area contributed by atoms with Crippen molar-refractivity contribution in [3.8, 4) is 0 Å². The Bertz CT molecular complexity index is 787. The van der Waals surface area contributed by atoms with Gasteiger partial charge in [0.05, 0.1) is 16.2 Å². The summed E-state index contributed by atoms with van der Waals surface area (Å²) in [4.78, 5) is 8.55. The molecule has 0 aliphatic rings. The minimum atomic E-state index is 0.553. The summed E-state index contributed by atoms with van der Waals surface area (Å²) in [6.45, 7) is 2.03. The zero-order valence-corrected chi connectivity index (χ0v) is 12.2. The molecule has 0 aliphatic heterocycles. The molecule has 20 heavy (non-hydrogen) atoms. The average Bonchev–Trinajstić information content (AvgIpc) is 2.42. The predicted octanol–water partition coefficient (Wildman–Crippen LogP) is 4.99. The van der Waals surface area contributed by atoms with Crippen LogP contribution in [0.3, 0.4) is 0 Å².